The van der Waals surface area contributed by atoms with Crippen molar-refractivity contribution in [3.8, 4) is 5.75 Å². The molecule has 1 aliphatic carbocycles. The van der Waals surface area contributed by atoms with Crippen LogP contribution in [-0.4, -0.2) is 24.2 Å². The second-order valence-electron chi connectivity index (χ2n) is 6.01. The van der Waals surface area contributed by atoms with Crippen LogP contribution in [-0.2, 0) is 11.3 Å². The number of rotatable bonds is 7. The highest BCUT2D eigenvalue weighted by atomic mass is 19.1. The molecule has 1 aliphatic rings. The van der Waals surface area contributed by atoms with Crippen LogP contribution in [0.15, 0.2) is 42.5 Å². The maximum absolute atomic E-state index is 13.8. The summed E-state index contributed by atoms with van der Waals surface area (Å²) in [5.74, 6) is -1.20. The van der Waals surface area contributed by atoms with Crippen molar-refractivity contribution in [2.75, 3.05) is 13.2 Å². The Morgan fingerprint density at radius 2 is 2.04 bits per heavy atom. The van der Waals surface area contributed by atoms with Crippen LogP contribution in [0.5, 0.6) is 5.75 Å². The molecule has 2 aromatic carbocycles. The number of halogens is 2. The number of benzene rings is 2. The van der Waals surface area contributed by atoms with Crippen LogP contribution < -0.4 is 10.1 Å². The average molecular weight is 347 g/mol. The second-order valence-corrected chi connectivity index (χ2v) is 6.01. The van der Waals surface area contributed by atoms with Crippen LogP contribution >= 0.6 is 0 Å². The molecule has 0 saturated heterocycles. The molecule has 2 aromatic rings. The van der Waals surface area contributed by atoms with Crippen LogP contribution in [0.25, 0.3) is 0 Å². The molecule has 132 valence electrons. The largest absolute Gasteiger partial charge is 0.491 e. The van der Waals surface area contributed by atoms with Crippen molar-refractivity contribution in [2.45, 2.75) is 18.9 Å². The van der Waals surface area contributed by atoms with E-state index in [4.69, 9.17) is 9.84 Å². The first-order valence-corrected chi connectivity index (χ1v) is 8.14. The smallest absolute Gasteiger partial charge is 0.224 e. The molecule has 6 heteroatoms. The molecule has 3 rings (SSSR count). The van der Waals surface area contributed by atoms with E-state index in [0.717, 1.165) is 23.8 Å². The highest BCUT2D eigenvalue weighted by Gasteiger charge is 2.45. The molecule has 0 aromatic heterocycles. The van der Waals surface area contributed by atoms with Gasteiger partial charge < -0.3 is 15.2 Å². The minimum absolute atomic E-state index is 0.0936. The summed E-state index contributed by atoms with van der Waals surface area (Å²) in [6, 6.07) is 10.5. The number of carbonyl (C=O) groups is 1. The SMILES string of the molecule is O=C(NCc1ccccc1OCCO)C1CC1c1cc(F)ccc1F. The summed E-state index contributed by atoms with van der Waals surface area (Å²) >= 11 is 0. The van der Waals surface area contributed by atoms with Gasteiger partial charge in [-0.1, -0.05) is 18.2 Å². The number of hydrogen-bond acceptors (Lipinski definition) is 3. The van der Waals surface area contributed by atoms with Crippen molar-refractivity contribution in [3.63, 3.8) is 0 Å². The first-order valence-electron chi connectivity index (χ1n) is 8.14. The zero-order valence-electron chi connectivity index (χ0n) is 13.5. The molecule has 4 nitrogen and oxygen atoms in total. The van der Waals surface area contributed by atoms with Gasteiger partial charge in [-0.25, -0.2) is 8.78 Å². The van der Waals surface area contributed by atoms with Gasteiger partial charge in [-0.05, 0) is 42.2 Å². The summed E-state index contributed by atoms with van der Waals surface area (Å²) in [7, 11) is 0. The fourth-order valence-electron chi connectivity index (χ4n) is 2.89. The lowest BCUT2D eigenvalue weighted by Gasteiger charge is -2.11. The summed E-state index contributed by atoms with van der Waals surface area (Å²) < 4.78 is 32.5. The number of hydrogen-bond donors (Lipinski definition) is 2. The number of nitrogens with one attached hydrogen (secondary N) is 1. The van der Waals surface area contributed by atoms with Gasteiger partial charge in [-0.2, -0.15) is 0 Å². The zero-order valence-corrected chi connectivity index (χ0v) is 13.5. The van der Waals surface area contributed by atoms with Crippen LogP contribution in [0.1, 0.15) is 23.5 Å². The molecule has 2 unspecified atom stereocenters. The van der Waals surface area contributed by atoms with Gasteiger partial charge in [0, 0.05) is 18.0 Å². The molecule has 0 heterocycles. The number of carbonyl (C=O) groups excluding carboxylic acids is 1. The molecular weight excluding hydrogens is 328 g/mol. The van der Waals surface area contributed by atoms with Crippen molar-refractivity contribution >= 4 is 5.91 Å². The third-order valence-electron chi connectivity index (χ3n) is 4.26. The molecule has 0 bridgehead atoms. The molecule has 1 fully saturated rings. The third-order valence-corrected chi connectivity index (χ3v) is 4.26. The molecule has 0 spiro atoms. The van der Waals surface area contributed by atoms with Gasteiger partial charge in [-0.15, -0.1) is 0 Å². The highest BCUT2D eigenvalue weighted by molar-refractivity contribution is 5.83. The van der Waals surface area contributed by atoms with E-state index < -0.39 is 11.6 Å². The molecule has 2 N–H and O–H groups in total. The van der Waals surface area contributed by atoms with Crippen molar-refractivity contribution in [1.29, 1.82) is 0 Å². The summed E-state index contributed by atoms with van der Waals surface area (Å²) in [6.07, 6.45) is 0.509. The summed E-state index contributed by atoms with van der Waals surface area (Å²) in [4.78, 5) is 12.3. The lowest BCUT2D eigenvalue weighted by atomic mass is 10.1. The van der Waals surface area contributed by atoms with Gasteiger partial charge in [0.25, 0.3) is 0 Å². The summed E-state index contributed by atoms with van der Waals surface area (Å²) in [6.45, 7) is 0.355. The van der Waals surface area contributed by atoms with Crippen LogP contribution in [0.4, 0.5) is 8.78 Å². The maximum atomic E-state index is 13.8. The van der Waals surface area contributed by atoms with Crippen molar-refractivity contribution in [1.82, 2.24) is 5.32 Å². The monoisotopic (exact) mass is 347 g/mol. The lowest BCUT2D eigenvalue weighted by Crippen LogP contribution is -2.25. The first kappa shape index (κ1) is 17.4. The Morgan fingerprint density at radius 1 is 1.24 bits per heavy atom. The fourth-order valence-corrected chi connectivity index (χ4v) is 2.89. The number of aliphatic hydroxyl groups is 1. The van der Waals surface area contributed by atoms with Crippen LogP contribution in [0.3, 0.4) is 0 Å². The number of amides is 1. The molecule has 0 aliphatic heterocycles. The molecule has 25 heavy (non-hydrogen) atoms. The topological polar surface area (TPSA) is 58.6 Å². The van der Waals surface area contributed by atoms with E-state index in [1.165, 1.54) is 0 Å². The molecule has 1 saturated carbocycles. The zero-order chi connectivity index (χ0) is 17.8. The van der Waals surface area contributed by atoms with Crippen LogP contribution in [0.2, 0.25) is 0 Å². The van der Waals surface area contributed by atoms with E-state index in [2.05, 4.69) is 5.32 Å². The summed E-state index contributed by atoms with van der Waals surface area (Å²) in [5.41, 5.74) is 1.05. The maximum Gasteiger partial charge on any atom is 0.224 e. The fraction of sp³-hybridized carbons (Fsp3) is 0.316. The Bertz CT molecular complexity index is 766. The Hall–Kier alpha value is -2.47. The van der Waals surface area contributed by atoms with E-state index in [9.17, 15) is 13.6 Å². The lowest BCUT2D eigenvalue weighted by molar-refractivity contribution is -0.122. The molecular formula is C19H19F2NO3. The molecule has 1 amide bonds. The van der Waals surface area contributed by atoms with Gasteiger partial charge in [0.2, 0.25) is 5.91 Å². The van der Waals surface area contributed by atoms with Crippen molar-refractivity contribution < 1.29 is 23.4 Å². The predicted octanol–water partition coefficient (Wildman–Crippen LogP) is 2.76. The normalized spacial score (nSPS) is 18.7. The standard InChI is InChI=1S/C19H19F2NO3/c20-13-5-6-17(21)15(9-13)14-10-16(14)19(24)22-11-12-3-1-2-4-18(12)25-8-7-23/h1-6,9,14,16,23H,7-8,10-11H2,(H,22,24). The van der Waals surface area contributed by atoms with E-state index in [1.807, 2.05) is 18.2 Å². The highest BCUT2D eigenvalue weighted by Crippen LogP contribution is 2.48. The quantitative estimate of drug-likeness (QED) is 0.810. The van der Waals surface area contributed by atoms with Crippen molar-refractivity contribution in [2.24, 2.45) is 5.92 Å². The second kappa shape index (κ2) is 7.61. The van der Waals surface area contributed by atoms with Gasteiger partial charge in [0.15, 0.2) is 0 Å². The third kappa shape index (κ3) is 4.14. The van der Waals surface area contributed by atoms with Crippen LogP contribution in [0, 0.1) is 17.6 Å². The van der Waals surface area contributed by atoms with Crippen molar-refractivity contribution in [3.05, 3.63) is 65.2 Å². The Balaban J connectivity index is 1.59. The Labute approximate surface area is 144 Å². The summed E-state index contributed by atoms with van der Waals surface area (Å²) in [5, 5.41) is 11.7. The Morgan fingerprint density at radius 3 is 2.84 bits per heavy atom. The molecule has 2 atom stereocenters. The van der Waals surface area contributed by atoms with Gasteiger partial charge in [-0.3, -0.25) is 4.79 Å². The number of para-hydroxylation sites is 1. The predicted molar refractivity (Wildman–Crippen MR) is 88.1 cm³/mol. The minimum atomic E-state index is -0.502. The number of aliphatic hydroxyl groups excluding tert-OH is 1. The Kier molecular flexibility index (Phi) is 5.28. The first-order chi connectivity index (χ1) is 12.1. The average Bonchev–Trinajstić information content (AvgIpc) is 3.41. The van der Waals surface area contributed by atoms with E-state index in [-0.39, 0.29) is 43.1 Å². The van der Waals surface area contributed by atoms with E-state index >= 15 is 0 Å². The minimum Gasteiger partial charge on any atom is -0.491 e. The van der Waals surface area contributed by atoms with Gasteiger partial charge in [0.1, 0.15) is 24.0 Å². The van der Waals surface area contributed by atoms with Gasteiger partial charge in [0.05, 0.1) is 6.61 Å². The molecule has 0 radical (unpaired) electrons. The van der Waals surface area contributed by atoms with E-state index in [0.29, 0.717) is 12.2 Å². The van der Waals surface area contributed by atoms with Gasteiger partial charge >= 0.3 is 0 Å². The van der Waals surface area contributed by atoms with E-state index in [1.54, 1.807) is 6.07 Å². The number of ether oxygens (including phenoxy) is 1.